The third-order valence-electron chi connectivity index (χ3n) is 2.37. The summed E-state index contributed by atoms with van der Waals surface area (Å²) < 4.78 is 5.35. The monoisotopic (exact) mass is 262 g/mol. The Morgan fingerprint density at radius 2 is 2.11 bits per heavy atom. The fourth-order valence-electron chi connectivity index (χ4n) is 1.59. The number of benzene rings is 1. The second kappa shape index (κ2) is 5.94. The molecule has 0 amide bonds. The topological polar surface area (TPSA) is 90.1 Å². The van der Waals surface area contributed by atoms with Gasteiger partial charge in [0.25, 0.3) is 0 Å². The Labute approximate surface area is 109 Å². The summed E-state index contributed by atoms with van der Waals surface area (Å²) in [4.78, 5) is 11.6. The summed E-state index contributed by atoms with van der Waals surface area (Å²) in [5.41, 5.74) is 1.01. The van der Waals surface area contributed by atoms with Crippen molar-refractivity contribution in [2.45, 2.75) is 19.9 Å². The summed E-state index contributed by atoms with van der Waals surface area (Å²) in [5, 5.41) is 20.1. The van der Waals surface area contributed by atoms with E-state index in [-0.39, 0.29) is 6.54 Å². The maximum Gasteiger partial charge on any atom is 0.327 e. The van der Waals surface area contributed by atoms with Crippen LogP contribution in [0.1, 0.15) is 18.3 Å². The van der Waals surface area contributed by atoms with Crippen molar-refractivity contribution in [1.82, 2.24) is 20.2 Å². The number of aliphatic carboxylic acids is 1. The van der Waals surface area contributed by atoms with Crippen LogP contribution in [0.25, 0.3) is 0 Å². The molecule has 0 fully saturated rings. The normalized spacial score (nSPS) is 10.4. The lowest BCUT2D eigenvalue weighted by Crippen LogP contribution is -2.11. The van der Waals surface area contributed by atoms with Gasteiger partial charge in [-0.3, -0.25) is 4.79 Å². The number of ether oxygens (including phenoxy) is 1. The zero-order valence-corrected chi connectivity index (χ0v) is 10.5. The molecule has 1 aromatic heterocycles. The molecule has 1 aromatic carbocycles. The summed E-state index contributed by atoms with van der Waals surface area (Å²) in [6.45, 7) is 2.28. The van der Waals surface area contributed by atoms with Gasteiger partial charge >= 0.3 is 5.97 Å². The van der Waals surface area contributed by atoms with Crippen molar-refractivity contribution in [3.8, 4) is 5.75 Å². The van der Waals surface area contributed by atoms with E-state index in [4.69, 9.17) is 9.84 Å². The lowest BCUT2D eigenvalue weighted by Gasteiger charge is -2.03. The van der Waals surface area contributed by atoms with Gasteiger partial charge in [0, 0.05) is 6.42 Å². The van der Waals surface area contributed by atoms with Crippen molar-refractivity contribution in [3.63, 3.8) is 0 Å². The second-order valence-electron chi connectivity index (χ2n) is 3.88. The van der Waals surface area contributed by atoms with E-state index in [0.717, 1.165) is 16.1 Å². The van der Waals surface area contributed by atoms with Gasteiger partial charge < -0.3 is 9.84 Å². The van der Waals surface area contributed by atoms with Crippen LogP contribution in [-0.2, 0) is 17.8 Å². The molecule has 19 heavy (non-hydrogen) atoms. The van der Waals surface area contributed by atoms with Gasteiger partial charge in [0.2, 0.25) is 0 Å². The maximum atomic E-state index is 10.5. The van der Waals surface area contributed by atoms with Gasteiger partial charge in [0.05, 0.1) is 6.61 Å². The minimum atomic E-state index is -0.995. The SMILES string of the molecule is CCOc1ccc(Cc2nnn(CC(=O)O)n2)cc1. The summed E-state index contributed by atoms with van der Waals surface area (Å²) in [7, 11) is 0. The van der Waals surface area contributed by atoms with Crippen LogP contribution in [0.2, 0.25) is 0 Å². The van der Waals surface area contributed by atoms with Crippen LogP contribution in [-0.4, -0.2) is 37.9 Å². The van der Waals surface area contributed by atoms with Crippen LogP contribution in [0.15, 0.2) is 24.3 Å². The molecule has 0 radical (unpaired) electrons. The minimum Gasteiger partial charge on any atom is -0.494 e. The smallest absolute Gasteiger partial charge is 0.327 e. The summed E-state index contributed by atoms with van der Waals surface area (Å²) >= 11 is 0. The number of carbonyl (C=O) groups is 1. The Morgan fingerprint density at radius 1 is 1.37 bits per heavy atom. The standard InChI is InChI=1S/C12H14N4O3/c1-2-19-10-5-3-9(4-6-10)7-11-13-15-16(14-11)8-12(17)18/h3-6H,2,7-8H2,1H3,(H,17,18). The predicted octanol–water partition coefficient (Wildman–Crippen LogP) is 0.747. The molecule has 7 heteroatoms. The van der Waals surface area contributed by atoms with Crippen LogP contribution in [0.5, 0.6) is 5.75 Å². The van der Waals surface area contributed by atoms with Crippen molar-refractivity contribution in [2.75, 3.05) is 6.61 Å². The zero-order valence-electron chi connectivity index (χ0n) is 10.5. The van der Waals surface area contributed by atoms with Gasteiger partial charge in [-0.05, 0) is 29.8 Å². The van der Waals surface area contributed by atoms with Crippen LogP contribution in [0.4, 0.5) is 0 Å². The predicted molar refractivity (Wildman–Crippen MR) is 65.9 cm³/mol. The van der Waals surface area contributed by atoms with Crippen LogP contribution in [0, 0.1) is 0 Å². The van der Waals surface area contributed by atoms with E-state index in [1.807, 2.05) is 31.2 Å². The highest BCUT2D eigenvalue weighted by Gasteiger charge is 2.07. The van der Waals surface area contributed by atoms with Gasteiger partial charge in [-0.15, -0.1) is 10.2 Å². The number of nitrogens with zero attached hydrogens (tertiary/aromatic N) is 4. The Kier molecular flexibility index (Phi) is 4.07. The first-order chi connectivity index (χ1) is 9.17. The fraction of sp³-hybridized carbons (Fsp3) is 0.333. The van der Waals surface area contributed by atoms with Crippen molar-refractivity contribution < 1.29 is 14.6 Å². The first-order valence-corrected chi connectivity index (χ1v) is 5.87. The first kappa shape index (κ1) is 13.0. The largest absolute Gasteiger partial charge is 0.494 e. The molecule has 7 nitrogen and oxygen atoms in total. The number of tetrazole rings is 1. The highest BCUT2D eigenvalue weighted by molar-refractivity contribution is 5.66. The van der Waals surface area contributed by atoms with E-state index < -0.39 is 5.97 Å². The molecule has 0 unspecified atom stereocenters. The average molecular weight is 262 g/mol. The number of carboxylic acids is 1. The number of hydrogen-bond donors (Lipinski definition) is 1. The Morgan fingerprint density at radius 3 is 2.74 bits per heavy atom. The molecule has 0 saturated carbocycles. The molecular weight excluding hydrogens is 248 g/mol. The number of carboxylic acid groups (broad SMARTS) is 1. The third-order valence-corrected chi connectivity index (χ3v) is 2.37. The van der Waals surface area contributed by atoms with E-state index in [9.17, 15) is 4.79 Å². The summed E-state index contributed by atoms with van der Waals surface area (Å²) in [6.07, 6.45) is 0.506. The molecule has 1 heterocycles. The summed E-state index contributed by atoms with van der Waals surface area (Å²) in [5.74, 6) is 0.309. The molecule has 100 valence electrons. The molecule has 0 aliphatic heterocycles. The Balaban J connectivity index is 2.00. The molecular formula is C12H14N4O3. The highest BCUT2D eigenvalue weighted by atomic mass is 16.5. The number of hydrogen-bond acceptors (Lipinski definition) is 5. The van der Waals surface area contributed by atoms with Crippen LogP contribution >= 0.6 is 0 Å². The highest BCUT2D eigenvalue weighted by Crippen LogP contribution is 2.13. The lowest BCUT2D eigenvalue weighted by atomic mass is 10.1. The molecule has 0 spiro atoms. The van der Waals surface area contributed by atoms with Crippen LogP contribution in [0.3, 0.4) is 0 Å². The van der Waals surface area contributed by atoms with Crippen molar-refractivity contribution in [2.24, 2.45) is 0 Å². The zero-order chi connectivity index (χ0) is 13.7. The van der Waals surface area contributed by atoms with E-state index >= 15 is 0 Å². The fourth-order valence-corrected chi connectivity index (χ4v) is 1.59. The van der Waals surface area contributed by atoms with Crippen molar-refractivity contribution in [1.29, 1.82) is 0 Å². The van der Waals surface area contributed by atoms with Gasteiger partial charge in [0.15, 0.2) is 12.4 Å². The molecule has 0 atom stereocenters. The van der Waals surface area contributed by atoms with Crippen molar-refractivity contribution in [3.05, 3.63) is 35.7 Å². The van der Waals surface area contributed by atoms with E-state index in [0.29, 0.717) is 18.9 Å². The van der Waals surface area contributed by atoms with Gasteiger partial charge in [0.1, 0.15) is 5.75 Å². The van der Waals surface area contributed by atoms with E-state index in [1.165, 1.54) is 0 Å². The van der Waals surface area contributed by atoms with Gasteiger partial charge in [-0.1, -0.05) is 12.1 Å². The molecule has 2 rings (SSSR count). The molecule has 0 aliphatic carbocycles. The lowest BCUT2D eigenvalue weighted by molar-refractivity contribution is -0.138. The molecule has 0 bridgehead atoms. The molecule has 1 N–H and O–H groups in total. The Hall–Kier alpha value is -2.44. The second-order valence-corrected chi connectivity index (χ2v) is 3.88. The number of aromatic nitrogens is 4. The number of rotatable bonds is 6. The first-order valence-electron chi connectivity index (χ1n) is 5.87. The van der Waals surface area contributed by atoms with E-state index in [2.05, 4.69) is 15.4 Å². The molecule has 0 saturated heterocycles. The third kappa shape index (κ3) is 3.77. The van der Waals surface area contributed by atoms with Gasteiger partial charge in [-0.25, -0.2) is 0 Å². The van der Waals surface area contributed by atoms with Crippen molar-refractivity contribution >= 4 is 5.97 Å². The quantitative estimate of drug-likeness (QED) is 0.826. The molecule has 0 aliphatic rings. The summed E-state index contributed by atoms with van der Waals surface area (Å²) in [6, 6.07) is 7.59. The van der Waals surface area contributed by atoms with Gasteiger partial charge in [-0.2, -0.15) is 4.80 Å². The van der Waals surface area contributed by atoms with Crippen LogP contribution < -0.4 is 4.74 Å². The Bertz CT molecular complexity index is 550. The minimum absolute atomic E-state index is 0.281. The molecule has 2 aromatic rings. The average Bonchev–Trinajstić information content (AvgIpc) is 2.78. The maximum absolute atomic E-state index is 10.5. The van der Waals surface area contributed by atoms with E-state index in [1.54, 1.807) is 0 Å².